The lowest BCUT2D eigenvalue weighted by Gasteiger charge is -2.26. The van der Waals surface area contributed by atoms with Crippen LogP contribution in [0.4, 0.5) is 0 Å². The van der Waals surface area contributed by atoms with Gasteiger partial charge >= 0.3 is 7.62 Å². The van der Waals surface area contributed by atoms with E-state index >= 15 is 0 Å². The van der Waals surface area contributed by atoms with Crippen molar-refractivity contribution in [2.45, 2.75) is 38.1 Å². The van der Waals surface area contributed by atoms with Gasteiger partial charge in [0.15, 0.2) is 0 Å². The highest BCUT2D eigenvalue weighted by molar-refractivity contribution is 6.24. The Kier molecular flexibility index (Phi) is 2.49. The summed E-state index contributed by atoms with van der Waals surface area (Å²) in [6.45, 7) is 0.949. The van der Waals surface area contributed by atoms with E-state index in [2.05, 4.69) is 5.23 Å². The van der Waals surface area contributed by atoms with Gasteiger partial charge < -0.3 is 9.88 Å². The largest absolute Gasteiger partial charge is 0.423 e. The van der Waals surface area contributed by atoms with E-state index in [0.717, 1.165) is 20.1 Å². The Morgan fingerprint density at radius 2 is 2.00 bits per heavy atom. The highest BCUT2D eigenvalue weighted by Gasteiger charge is 2.26. The second-order valence-electron chi connectivity index (χ2n) is 3.72. The van der Waals surface area contributed by atoms with Gasteiger partial charge in [0.1, 0.15) is 0 Å². The first kappa shape index (κ1) is 7.62. The van der Waals surface area contributed by atoms with Crippen molar-refractivity contribution in [3.8, 4) is 0 Å². The van der Waals surface area contributed by atoms with Crippen LogP contribution in [0, 0.1) is 5.92 Å². The lowest BCUT2D eigenvalue weighted by molar-refractivity contribution is 0.249. The molecule has 1 unspecified atom stereocenters. The molecule has 1 N–H and O–H groups in total. The molecule has 2 nitrogen and oxygen atoms in total. The third-order valence-corrected chi connectivity index (χ3v) is 2.96. The predicted molar refractivity (Wildman–Crippen MR) is 46.6 cm³/mol. The van der Waals surface area contributed by atoms with Gasteiger partial charge in [0.05, 0.1) is 0 Å². The molecule has 0 aromatic heterocycles. The quantitative estimate of drug-likeness (QED) is 0.563. The monoisotopic (exact) mass is 153 g/mol. The molecule has 1 atom stereocenters. The predicted octanol–water partition coefficient (Wildman–Crippen LogP) is 0.822. The van der Waals surface area contributed by atoms with Crippen LogP contribution in [0.1, 0.15) is 32.1 Å². The Labute approximate surface area is 69.0 Å². The van der Waals surface area contributed by atoms with E-state index in [4.69, 9.17) is 4.65 Å². The van der Waals surface area contributed by atoms with Crippen LogP contribution in [0.15, 0.2) is 0 Å². The van der Waals surface area contributed by atoms with Gasteiger partial charge in [0, 0.05) is 12.6 Å². The van der Waals surface area contributed by atoms with Gasteiger partial charge in [0.2, 0.25) is 0 Å². The fourth-order valence-electron chi connectivity index (χ4n) is 2.25. The third-order valence-electron chi connectivity index (χ3n) is 2.96. The van der Waals surface area contributed by atoms with Gasteiger partial charge in [-0.05, 0) is 18.8 Å². The molecule has 0 aromatic carbocycles. The van der Waals surface area contributed by atoms with Crippen LogP contribution in [-0.2, 0) is 4.65 Å². The van der Waals surface area contributed by atoms with Crippen LogP contribution in [0.2, 0.25) is 0 Å². The van der Waals surface area contributed by atoms with E-state index < -0.39 is 0 Å². The maximum Gasteiger partial charge on any atom is 0.361 e. The topological polar surface area (TPSA) is 21.3 Å². The Morgan fingerprint density at radius 3 is 2.64 bits per heavy atom. The normalized spacial score (nSPS) is 33.6. The molecule has 1 heterocycles. The average molecular weight is 153 g/mol. The molecule has 2 rings (SSSR count). The van der Waals surface area contributed by atoms with Crippen LogP contribution >= 0.6 is 0 Å². The number of hydrogen-bond donors (Lipinski definition) is 1. The summed E-state index contributed by atoms with van der Waals surface area (Å²) in [5, 5.41) is 3.40. The number of hydrogen-bond acceptors (Lipinski definition) is 2. The van der Waals surface area contributed by atoms with E-state index in [0.29, 0.717) is 6.04 Å². The van der Waals surface area contributed by atoms with Crippen LogP contribution < -0.4 is 5.23 Å². The second kappa shape index (κ2) is 3.59. The molecule has 1 aliphatic carbocycles. The molecule has 1 saturated heterocycles. The van der Waals surface area contributed by atoms with E-state index in [1.807, 2.05) is 0 Å². The standard InChI is InChI=1S/C8H16BNO/c1-2-4-7(5-3-1)8-6-11-9-10-8/h7-10H,1-6H2. The summed E-state index contributed by atoms with van der Waals surface area (Å²) in [5.74, 6) is 0.909. The summed E-state index contributed by atoms with van der Waals surface area (Å²) >= 11 is 0. The second-order valence-corrected chi connectivity index (χ2v) is 3.72. The SMILES string of the molecule is B1NC(C2CCCCC2)CO1. The maximum atomic E-state index is 5.30. The Bertz CT molecular complexity index is 119. The van der Waals surface area contributed by atoms with Crippen molar-refractivity contribution in [2.24, 2.45) is 5.92 Å². The van der Waals surface area contributed by atoms with Crippen molar-refractivity contribution in [2.75, 3.05) is 6.61 Å². The summed E-state index contributed by atoms with van der Waals surface area (Å²) in [7, 11) is 0.779. The molecule has 0 spiro atoms. The minimum atomic E-state index is 0.676. The molecule has 62 valence electrons. The third kappa shape index (κ3) is 1.77. The van der Waals surface area contributed by atoms with Crippen LogP contribution in [-0.4, -0.2) is 20.3 Å². The number of nitrogens with one attached hydrogen (secondary N) is 1. The van der Waals surface area contributed by atoms with Crippen molar-refractivity contribution in [1.29, 1.82) is 0 Å². The Hall–Kier alpha value is -0.0151. The van der Waals surface area contributed by atoms with E-state index in [-0.39, 0.29) is 0 Å². The van der Waals surface area contributed by atoms with Crippen molar-refractivity contribution in [3.05, 3.63) is 0 Å². The van der Waals surface area contributed by atoms with Crippen molar-refractivity contribution >= 4 is 7.62 Å². The summed E-state index contributed by atoms with van der Waals surface area (Å²) in [4.78, 5) is 0. The molecule has 2 aliphatic rings. The molecule has 0 amide bonds. The molecular weight excluding hydrogens is 137 g/mol. The highest BCUT2D eigenvalue weighted by atomic mass is 16.4. The first-order chi connectivity index (χ1) is 5.47. The smallest absolute Gasteiger partial charge is 0.361 e. The van der Waals surface area contributed by atoms with Crippen LogP contribution in [0.3, 0.4) is 0 Å². The molecule has 0 aromatic rings. The lowest BCUT2D eigenvalue weighted by atomic mass is 9.84. The summed E-state index contributed by atoms with van der Waals surface area (Å²) < 4.78 is 5.30. The average Bonchev–Trinajstić information content (AvgIpc) is 2.58. The molecule has 2 fully saturated rings. The zero-order valence-corrected chi connectivity index (χ0v) is 7.01. The van der Waals surface area contributed by atoms with Crippen LogP contribution in [0.25, 0.3) is 0 Å². The zero-order valence-electron chi connectivity index (χ0n) is 7.01. The fraction of sp³-hybridized carbons (Fsp3) is 1.00. The first-order valence-electron chi connectivity index (χ1n) is 4.78. The number of rotatable bonds is 1. The Morgan fingerprint density at radius 1 is 1.18 bits per heavy atom. The van der Waals surface area contributed by atoms with Crippen molar-refractivity contribution in [1.82, 2.24) is 5.23 Å². The molecule has 1 aliphatic heterocycles. The summed E-state index contributed by atoms with van der Waals surface area (Å²) in [5.41, 5.74) is 0. The molecular formula is C8H16BNO. The van der Waals surface area contributed by atoms with Crippen LogP contribution in [0.5, 0.6) is 0 Å². The fourth-order valence-corrected chi connectivity index (χ4v) is 2.25. The van der Waals surface area contributed by atoms with E-state index in [1.54, 1.807) is 0 Å². The van der Waals surface area contributed by atoms with Gasteiger partial charge in [-0.3, -0.25) is 0 Å². The summed E-state index contributed by atoms with van der Waals surface area (Å²) in [6.07, 6.45) is 7.15. The molecule has 0 radical (unpaired) electrons. The van der Waals surface area contributed by atoms with Gasteiger partial charge in [-0.25, -0.2) is 0 Å². The zero-order chi connectivity index (χ0) is 7.52. The van der Waals surface area contributed by atoms with Gasteiger partial charge in [-0.15, -0.1) is 0 Å². The van der Waals surface area contributed by atoms with Crippen molar-refractivity contribution < 1.29 is 4.65 Å². The minimum absolute atomic E-state index is 0.676. The highest BCUT2D eigenvalue weighted by Crippen LogP contribution is 2.27. The first-order valence-corrected chi connectivity index (χ1v) is 4.78. The summed E-state index contributed by atoms with van der Waals surface area (Å²) in [6, 6.07) is 0.676. The molecule has 1 saturated carbocycles. The van der Waals surface area contributed by atoms with Gasteiger partial charge in [-0.2, -0.15) is 0 Å². The molecule has 3 heteroatoms. The lowest BCUT2D eigenvalue weighted by Crippen LogP contribution is -2.34. The van der Waals surface area contributed by atoms with Gasteiger partial charge in [-0.1, -0.05) is 19.3 Å². The van der Waals surface area contributed by atoms with E-state index in [1.165, 1.54) is 32.1 Å². The van der Waals surface area contributed by atoms with Gasteiger partial charge in [0.25, 0.3) is 0 Å². The van der Waals surface area contributed by atoms with Crippen molar-refractivity contribution in [3.63, 3.8) is 0 Å². The molecule has 0 bridgehead atoms. The maximum absolute atomic E-state index is 5.30. The molecule has 11 heavy (non-hydrogen) atoms. The van der Waals surface area contributed by atoms with E-state index in [9.17, 15) is 0 Å². The Balaban J connectivity index is 1.82. The minimum Gasteiger partial charge on any atom is -0.423 e.